The number of halogens is 3. The van der Waals surface area contributed by atoms with Crippen LogP contribution in [0.5, 0.6) is 17.2 Å². The van der Waals surface area contributed by atoms with Crippen LogP contribution in [0.15, 0.2) is 91.1 Å². The number of para-hydroxylation sites is 1. The molecule has 0 bridgehead atoms. The molecule has 4 aromatic rings. The van der Waals surface area contributed by atoms with Gasteiger partial charge in [-0.25, -0.2) is 9.78 Å². The molecule has 0 fully saturated rings. The summed E-state index contributed by atoms with van der Waals surface area (Å²) < 4.78 is 49.2. The van der Waals surface area contributed by atoms with E-state index in [1.54, 1.807) is 30.3 Å². The number of carboxylic acid groups (broad SMARTS) is 1. The highest BCUT2D eigenvalue weighted by molar-refractivity contribution is 6.09. The van der Waals surface area contributed by atoms with Gasteiger partial charge in [-0.15, -0.1) is 0 Å². The van der Waals surface area contributed by atoms with Crippen molar-refractivity contribution in [3.8, 4) is 17.2 Å². The normalized spacial score (nSPS) is 11.1. The van der Waals surface area contributed by atoms with Crippen molar-refractivity contribution in [3.63, 3.8) is 0 Å². The molecule has 0 spiro atoms. The van der Waals surface area contributed by atoms with E-state index >= 15 is 0 Å². The average molecular weight is 493 g/mol. The number of carboxylic acids is 1. The largest absolute Gasteiger partial charge is 0.487 e. The van der Waals surface area contributed by atoms with Crippen LogP contribution in [0, 0.1) is 0 Å². The number of aromatic carboxylic acids is 1. The van der Waals surface area contributed by atoms with Crippen LogP contribution >= 0.6 is 0 Å². The predicted molar refractivity (Wildman–Crippen MR) is 123 cm³/mol. The third-order valence-electron chi connectivity index (χ3n) is 5.10. The average Bonchev–Trinajstić information content (AvgIpc) is 2.88. The van der Waals surface area contributed by atoms with Gasteiger partial charge in [-0.1, -0.05) is 30.3 Å². The van der Waals surface area contributed by atoms with E-state index in [9.17, 15) is 27.9 Å². The zero-order chi connectivity index (χ0) is 25.7. The zero-order valence-electron chi connectivity index (χ0n) is 18.5. The fourth-order valence-electron chi connectivity index (χ4n) is 3.25. The Kier molecular flexibility index (Phi) is 7.00. The summed E-state index contributed by atoms with van der Waals surface area (Å²) in [6, 6.07) is 20.2. The Bertz CT molecular complexity index is 1370. The molecule has 0 unspecified atom stereocenters. The van der Waals surface area contributed by atoms with Crippen molar-refractivity contribution in [2.75, 3.05) is 0 Å². The van der Waals surface area contributed by atoms with Crippen LogP contribution in [0.4, 0.5) is 13.2 Å². The molecule has 3 aromatic carbocycles. The van der Waals surface area contributed by atoms with Gasteiger partial charge in [-0.3, -0.25) is 4.79 Å². The Labute approximate surface area is 203 Å². The van der Waals surface area contributed by atoms with Crippen molar-refractivity contribution >= 4 is 11.8 Å². The first-order chi connectivity index (χ1) is 17.2. The third-order valence-corrected chi connectivity index (χ3v) is 5.10. The monoisotopic (exact) mass is 493 g/mol. The molecule has 0 radical (unpaired) electrons. The SMILES string of the molecule is O=C(c1ccc(Oc2ccccc2)c(C(=O)O)c1)c1ccc(OCc2ccc(C(F)(F)F)cc2)cn1. The van der Waals surface area contributed by atoms with Crippen LogP contribution in [0.25, 0.3) is 0 Å². The number of hydrogen-bond donors (Lipinski definition) is 1. The number of ether oxygens (including phenoxy) is 2. The number of carbonyl (C=O) groups is 2. The second-order valence-corrected chi connectivity index (χ2v) is 7.62. The van der Waals surface area contributed by atoms with Crippen molar-refractivity contribution in [3.05, 3.63) is 119 Å². The standard InChI is InChI=1S/C27H18F3NO5/c28-27(29,30)19-9-6-17(7-10-19)16-35-21-11-12-23(31-15-21)25(32)18-8-13-24(22(14-18)26(33)34)36-20-4-2-1-3-5-20/h1-15H,16H2,(H,33,34). The van der Waals surface area contributed by atoms with Gasteiger partial charge in [0.15, 0.2) is 0 Å². The number of benzene rings is 3. The molecule has 0 amide bonds. The molecule has 182 valence electrons. The molecular weight excluding hydrogens is 475 g/mol. The summed E-state index contributed by atoms with van der Waals surface area (Å²) >= 11 is 0. The molecule has 0 atom stereocenters. The highest BCUT2D eigenvalue weighted by Crippen LogP contribution is 2.29. The molecule has 0 saturated carbocycles. The summed E-state index contributed by atoms with van der Waals surface area (Å²) in [5.74, 6) is -0.907. The second-order valence-electron chi connectivity index (χ2n) is 7.62. The quantitative estimate of drug-likeness (QED) is 0.286. The Hall–Kier alpha value is -4.66. The van der Waals surface area contributed by atoms with Gasteiger partial charge in [0, 0.05) is 5.56 Å². The number of rotatable bonds is 8. The van der Waals surface area contributed by atoms with E-state index in [-0.39, 0.29) is 29.2 Å². The topological polar surface area (TPSA) is 85.7 Å². The number of hydrogen-bond acceptors (Lipinski definition) is 5. The Morgan fingerprint density at radius 3 is 2.19 bits per heavy atom. The van der Waals surface area contributed by atoms with Crippen molar-refractivity contribution in [2.45, 2.75) is 12.8 Å². The van der Waals surface area contributed by atoms with Gasteiger partial charge in [0.1, 0.15) is 35.1 Å². The lowest BCUT2D eigenvalue weighted by Gasteiger charge is -2.11. The highest BCUT2D eigenvalue weighted by atomic mass is 19.4. The molecule has 1 heterocycles. The Balaban J connectivity index is 1.44. The highest BCUT2D eigenvalue weighted by Gasteiger charge is 2.29. The molecule has 0 saturated heterocycles. The first-order valence-corrected chi connectivity index (χ1v) is 10.6. The van der Waals surface area contributed by atoms with E-state index in [0.717, 1.165) is 12.1 Å². The maximum atomic E-state index is 12.9. The van der Waals surface area contributed by atoms with Crippen LogP contribution in [-0.4, -0.2) is 21.8 Å². The van der Waals surface area contributed by atoms with Gasteiger partial charge < -0.3 is 14.6 Å². The molecule has 9 heteroatoms. The molecule has 0 aliphatic carbocycles. The minimum atomic E-state index is -4.41. The molecule has 36 heavy (non-hydrogen) atoms. The summed E-state index contributed by atoms with van der Waals surface area (Å²) in [7, 11) is 0. The van der Waals surface area contributed by atoms with E-state index < -0.39 is 23.5 Å². The lowest BCUT2D eigenvalue weighted by Crippen LogP contribution is -2.08. The minimum absolute atomic E-state index is 0.0119. The first kappa shape index (κ1) is 24.5. The lowest BCUT2D eigenvalue weighted by atomic mass is 10.0. The molecular formula is C27H18F3NO5. The maximum Gasteiger partial charge on any atom is 0.416 e. The van der Waals surface area contributed by atoms with Gasteiger partial charge >= 0.3 is 12.1 Å². The lowest BCUT2D eigenvalue weighted by molar-refractivity contribution is -0.137. The summed E-state index contributed by atoms with van der Waals surface area (Å²) in [4.78, 5) is 28.7. The van der Waals surface area contributed by atoms with E-state index in [1.165, 1.54) is 48.7 Å². The molecule has 4 rings (SSSR count). The molecule has 1 aromatic heterocycles. The molecule has 6 nitrogen and oxygen atoms in total. The van der Waals surface area contributed by atoms with E-state index in [4.69, 9.17) is 9.47 Å². The third kappa shape index (κ3) is 5.87. The Morgan fingerprint density at radius 2 is 1.58 bits per heavy atom. The van der Waals surface area contributed by atoms with Gasteiger partial charge in [-0.05, 0) is 60.2 Å². The molecule has 1 N–H and O–H groups in total. The van der Waals surface area contributed by atoms with Crippen molar-refractivity contribution < 1.29 is 37.3 Å². The van der Waals surface area contributed by atoms with Crippen molar-refractivity contribution in [1.29, 1.82) is 0 Å². The van der Waals surface area contributed by atoms with Crippen LogP contribution < -0.4 is 9.47 Å². The number of nitrogens with zero attached hydrogens (tertiary/aromatic N) is 1. The maximum absolute atomic E-state index is 12.9. The van der Waals surface area contributed by atoms with E-state index in [1.807, 2.05) is 0 Å². The number of aromatic nitrogens is 1. The first-order valence-electron chi connectivity index (χ1n) is 10.6. The second kappa shape index (κ2) is 10.3. The van der Waals surface area contributed by atoms with Crippen LogP contribution in [0.3, 0.4) is 0 Å². The number of pyridine rings is 1. The molecule has 0 aliphatic heterocycles. The van der Waals surface area contributed by atoms with Crippen molar-refractivity contribution in [2.24, 2.45) is 0 Å². The van der Waals surface area contributed by atoms with Gasteiger partial charge in [0.05, 0.1) is 11.8 Å². The van der Waals surface area contributed by atoms with Gasteiger partial charge in [-0.2, -0.15) is 13.2 Å². The number of alkyl halides is 3. The summed E-state index contributed by atoms with van der Waals surface area (Å²) in [5.41, 5.74) is -0.228. The summed E-state index contributed by atoms with van der Waals surface area (Å²) in [6.45, 7) is 0.0119. The van der Waals surface area contributed by atoms with E-state index in [0.29, 0.717) is 17.1 Å². The fourth-order valence-corrected chi connectivity index (χ4v) is 3.25. The number of carbonyl (C=O) groups excluding carboxylic acids is 1. The van der Waals surface area contributed by atoms with Crippen molar-refractivity contribution in [1.82, 2.24) is 4.98 Å². The van der Waals surface area contributed by atoms with E-state index in [2.05, 4.69) is 4.98 Å². The van der Waals surface area contributed by atoms with Crippen LogP contribution in [-0.2, 0) is 12.8 Å². The van der Waals surface area contributed by atoms with Crippen LogP contribution in [0.1, 0.15) is 37.5 Å². The van der Waals surface area contributed by atoms with Gasteiger partial charge in [0.25, 0.3) is 0 Å². The Morgan fingerprint density at radius 1 is 0.861 bits per heavy atom. The molecule has 0 aliphatic rings. The number of ketones is 1. The zero-order valence-corrected chi connectivity index (χ0v) is 18.5. The summed E-state index contributed by atoms with van der Waals surface area (Å²) in [6.07, 6.45) is -3.10. The van der Waals surface area contributed by atoms with Gasteiger partial charge in [0.2, 0.25) is 5.78 Å². The van der Waals surface area contributed by atoms with Crippen LogP contribution in [0.2, 0.25) is 0 Å². The predicted octanol–water partition coefficient (Wildman–Crippen LogP) is 6.40. The summed E-state index contributed by atoms with van der Waals surface area (Å²) in [5, 5.41) is 9.59. The smallest absolute Gasteiger partial charge is 0.416 e. The minimum Gasteiger partial charge on any atom is -0.487 e. The fraction of sp³-hybridized carbons (Fsp3) is 0.0741.